The Hall–Kier alpha value is -3.02. The Morgan fingerprint density at radius 1 is 0.840 bits per heavy atom. The molecule has 0 unspecified atom stereocenters. The van der Waals surface area contributed by atoms with Crippen molar-refractivity contribution in [1.29, 1.82) is 0 Å². The normalized spacial score (nSPS) is 9.80. The summed E-state index contributed by atoms with van der Waals surface area (Å²) in [6.45, 7) is 2.10. The van der Waals surface area contributed by atoms with Crippen LogP contribution in [0.15, 0.2) is 42.5 Å². The molecule has 6 nitrogen and oxygen atoms in total. The molecule has 0 spiro atoms. The molecule has 0 aliphatic carbocycles. The summed E-state index contributed by atoms with van der Waals surface area (Å²) in [5, 5.41) is 35.8. The Kier molecular flexibility index (Phi) is 7.99. The standard InChI is InChI=1S/C12H16O3.C7H6O3/c1-2-3-4-6-9-7-5-8-10(11(9)13)12(14)15;8-6-4-2-1-3-5(6)7(9)10/h5,7-8,13H,2-4,6H2,1H3,(H,14,15);1-4,8H,(H,9,10). The van der Waals surface area contributed by atoms with Gasteiger partial charge in [0.25, 0.3) is 0 Å². The van der Waals surface area contributed by atoms with Gasteiger partial charge in [-0.1, -0.05) is 44.0 Å². The number of carboxylic acid groups (broad SMARTS) is 2. The maximum absolute atomic E-state index is 10.7. The molecule has 134 valence electrons. The number of hydrogen-bond acceptors (Lipinski definition) is 4. The van der Waals surface area contributed by atoms with Gasteiger partial charge in [0.2, 0.25) is 0 Å². The number of benzene rings is 2. The van der Waals surface area contributed by atoms with Gasteiger partial charge in [0.15, 0.2) is 0 Å². The van der Waals surface area contributed by atoms with Crippen LogP contribution in [0.1, 0.15) is 52.5 Å². The number of para-hydroxylation sites is 2. The predicted molar refractivity (Wildman–Crippen MR) is 93.4 cm³/mol. The van der Waals surface area contributed by atoms with E-state index < -0.39 is 11.9 Å². The summed E-state index contributed by atoms with van der Waals surface area (Å²) < 4.78 is 0. The molecule has 0 atom stereocenters. The highest BCUT2D eigenvalue weighted by atomic mass is 16.4. The zero-order valence-corrected chi connectivity index (χ0v) is 14.0. The first-order chi connectivity index (χ1) is 11.9. The van der Waals surface area contributed by atoms with E-state index in [0.717, 1.165) is 31.2 Å². The average Bonchev–Trinajstić information content (AvgIpc) is 2.57. The molecule has 0 aliphatic heterocycles. The molecule has 2 rings (SSSR count). The van der Waals surface area contributed by atoms with Crippen LogP contribution < -0.4 is 0 Å². The van der Waals surface area contributed by atoms with E-state index in [1.54, 1.807) is 24.3 Å². The second kappa shape index (κ2) is 9.97. The van der Waals surface area contributed by atoms with E-state index in [2.05, 4.69) is 6.92 Å². The van der Waals surface area contributed by atoms with Gasteiger partial charge in [-0.3, -0.25) is 0 Å². The van der Waals surface area contributed by atoms with Gasteiger partial charge in [-0.2, -0.15) is 0 Å². The van der Waals surface area contributed by atoms with E-state index in [4.69, 9.17) is 15.3 Å². The predicted octanol–water partition coefficient (Wildman–Crippen LogP) is 3.91. The lowest BCUT2D eigenvalue weighted by Gasteiger charge is -2.06. The number of aromatic carboxylic acids is 2. The van der Waals surface area contributed by atoms with Gasteiger partial charge in [0.1, 0.15) is 22.6 Å². The summed E-state index contributed by atoms with van der Waals surface area (Å²) in [7, 11) is 0. The lowest BCUT2D eigenvalue weighted by Crippen LogP contribution is -1.99. The number of phenols is 2. The topological polar surface area (TPSA) is 115 Å². The van der Waals surface area contributed by atoms with E-state index in [9.17, 15) is 14.7 Å². The van der Waals surface area contributed by atoms with E-state index in [-0.39, 0.29) is 22.6 Å². The van der Waals surface area contributed by atoms with Gasteiger partial charge >= 0.3 is 11.9 Å². The van der Waals surface area contributed by atoms with Crippen LogP contribution in [0.4, 0.5) is 0 Å². The van der Waals surface area contributed by atoms with Crippen molar-refractivity contribution < 1.29 is 30.0 Å². The Balaban J connectivity index is 0.000000271. The molecule has 0 amide bonds. The van der Waals surface area contributed by atoms with Crippen LogP contribution in [-0.2, 0) is 6.42 Å². The number of carboxylic acids is 2. The molecule has 0 saturated heterocycles. The minimum absolute atomic E-state index is 0.0102. The fourth-order valence-electron chi connectivity index (χ4n) is 2.19. The third-order valence-corrected chi connectivity index (χ3v) is 3.53. The van der Waals surface area contributed by atoms with Crippen LogP contribution in [0.25, 0.3) is 0 Å². The van der Waals surface area contributed by atoms with Crippen molar-refractivity contribution in [3.63, 3.8) is 0 Å². The van der Waals surface area contributed by atoms with Crippen LogP contribution in [-0.4, -0.2) is 32.4 Å². The first kappa shape index (κ1) is 20.0. The molecule has 0 aliphatic rings. The second-order valence-corrected chi connectivity index (χ2v) is 5.40. The van der Waals surface area contributed by atoms with Crippen LogP contribution in [0.5, 0.6) is 11.5 Å². The minimum Gasteiger partial charge on any atom is -0.507 e. The van der Waals surface area contributed by atoms with E-state index in [0.29, 0.717) is 0 Å². The van der Waals surface area contributed by atoms with Crippen molar-refractivity contribution in [2.24, 2.45) is 0 Å². The highest BCUT2D eigenvalue weighted by Gasteiger charge is 2.12. The zero-order valence-electron chi connectivity index (χ0n) is 14.0. The number of unbranched alkanes of at least 4 members (excludes halogenated alkanes) is 2. The largest absolute Gasteiger partial charge is 0.507 e. The minimum atomic E-state index is -1.11. The smallest absolute Gasteiger partial charge is 0.339 e. The molecule has 4 N–H and O–H groups in total. The summed E-state index contributed by atoms with van der Waals surface area (Å²) in [4.78, 5) is 21.0. The SMILES string of the molecule is CCCCCc1cccc(C(=O)O)c1O.O=C(O)c1ccccc1O. The Bertz CT molecular complexity index is 724. The molecule has 2 aromatic rings. The number of carbonyl (C=O) groups is 2. The third-order valence-electron chi connectivity index (χ3n) is 3.53. The quantitative estimate of drug-likeness (QED) is 0.589. The molecular formula is C19H22O6. The lowest BCUT2D eigenvalue weighted by atomic mass is 10.0. The summed E-state index contributed by atoms with van der Waals surface area (Å²) in [5.41, 5.74) is 0.648. The summed E-state index contributed by atoms with van der Waals surface area (Å²) >= 11 is 0. The fourth-order valence-corrected chi connectivity index (χ4v) is 2.19. The Morgan fingerprint density at radius 2 is 1.44 bits per heavy atom. The number of aryl methyl sites for hydroxylation is 1. The first-order valence-electron chi connectivity index (χ1n) is 7.93. The van der Waals surface area contributed by atoms with Crippen LogP contribution in [0.2, 0.25) is 0 Å². The summed E-state index contributed by atoms with van der Waals surface area (Å²) in [5.74, 6) is -2.47. The van der Waals surface area contributed by atoms with Crippen molar-refractivity contribution >= 4 is 11.9 Å². The zero-order chi connectivity index (χ0) is 18.8. The monoisotopic (exact) mass is 346 g/mol. The molecule has 0 radical (unpaired) electrons. The first-order valence-corrected chi connectivity index (χ1v) is 7.93. The summed E-state index contributed by atoms with van der Waals surface area (Å²) in [6, 6.07) is 10.7. The maximum Gasteiger partial charge on any atom is 0.339 e. The maximum atomic E-state index is 10.7. The lowest BCUT2D eigenvalue weighted by molar-refractivity contribution is 0.0682. The van der Waals surface area contributed by atoms with Gasteiger partial charge in [-0.05, 0) is 36.6 Å². The molecule has 0 fully saturated rings. The number of rotatable bonds is 6. The number of aromatic hydroxyl groups is 2. The third kappa shape index (κ3) is 6.18. The molecule has 25 heavy (non-hydrogen) atoms. The van der Waals surface area contributed by atoms with Crippen LogP contribution in [0, 0.1) is 0 Å². The van der Waals surface area contributed by atoms with Crippen molar-refractivity contribution in [2.75, 3.05) is 0 Å². The molecular weight excluding hydrogens is 324 g/mol. The van der Waals surface area contributed by atoms with Crippen molar-refractivity contribution in [2.45, 2.75) is 32.6 Å². The van der Waals surface area contributed by atoms with Crippen LogP contribution in [0.3, 0.4) is 0 Å². The van der Waals surface area contributed by atoms with Gasteiger partial charge < -0.3 is 20.4 Å². The van der Waals surface area contributed by atoms with Crippen molar-refractivity contribution in [3.8, 4) is 11.5 Å². The van der Waals surface area contributed by atoms with Crippen LogP contribution >= 0.6 is 0 Å². The van der Waals surface area contributed by atoms with E-state index in [1.807, 2.05) is 0 Å². The van der Waals surface area contributed by atoms with E-state index in [1.165, 1.54) is 18.2 Å². The van der Waals surface area contributed by atoms with Gasteiger partial charge in [0.05, 0.1) is 0 Å². The van der Waals surface area contributed by atoms with Crippen molar-refractivity contribution in [1.82, 2.24) is 0 Å². The van der Waals surface area contributed by atoms with Crippen molar-refractivity contribution in [3.05, 3.63) is 59.2 Å². The molecule has 0 bridgehead atoms. The molecule has 0 aromatic heterocycles. The van der Waals surface area contributed by atoms with Gasteiger partial charge in [0, 0.05) is 0 Å². The number of hydrogen-bond donors (Lipinski definition) is 4. The van der Waals surface area contributed by atoms with Gasteiger partial charge in [-0.25, -0.2) is 9.59 Å². The molecule has 0 saturated carbocycles. The van der Waals surface area contributed by atoms with Gasteiger partial charge in [-0.15, -0.1) is 0 Å². The fraction of sp³-hybridized carbons (Fsp3) is 0.263. The Labute approximate surface area is 146 Å². The molecule has 6 heteroatoms. The Morgan fingerprint density at radius 3 is 1.96 bits per heavy atom. The highest BCUT2D eigenvalue weighted by molar-refractivity contribution is 5.91. The summed E-state index contributed by atoms with van der Waals surface area (Å²) in [6.07, 6.45) is 3.92. The second-order valence-electron chi connectivity index (χ2n) is 5.40. The molecule has 0 heterocycles. The van der Waals surface area contributed by atoms with E-state index >= 15 is 0 Å². The molecule has 2 aromatic carbocycles. The average molecular weight is 346 g/mol. The highest BCUT2D eigenvalue weighted by Crippen LogP contribution is 2.24.